The van der Waals surface area contributed by atoms with Gasteiger partial charge < -0.3 is 19.3 Å². The van der Waals surface area contributed by atoms with Crippen molar-refractivity contribution >= 4 is 34.2 Å². The number of carboxylic acid groups (broad SMARTS) is 1. The first-order chi connectivity index (χ1) is 15.4. The monoisotopic (exact) mass is 449 g/mol. The zero-order valence-electron chi connectivity index (χ0n) is 17.9. The Kier molecular flexibility index (Phi) is 6.06. The highest BCUT2D eigenvalue weighted by molar-refractivity contribution is 6.31. The Hall–Kier alpha value is -3.51. The molecular formula is C25H24ClN3O3. The minimum Gasteiger partial charge on any atom is -0.492 e. The number of anilines is 1. The fraction of sp³-hybridized carbons (Fsp3) is 0.200. The van der Waals surface area contributed by atoms with E-state index < -0.39 is 11.5 Å². The first kappa shape index (κ1) is 21.7. The summed E-state index contributed by atoms with van der Waals surface area (Å²) in [6.45, 7) is 2.83. The van der Waals surface area contributed by atoms with Gasteiger partial charge in [-0.3, -0.25) is 4.98 Å². The van der Waals surface area contributed by atoms with Crippen molar-refractivity contribution in [3.63, 3.8) is 0 Å². The summed E-state index contributed by atoms with van der Waals surface area (Å²) in [6.07, 6.45) is 5.28. The van der Waals surface area contributed by atoms with Crippen LogP contribution in [0.15, 0.2) is 79.3 Å². The van der Waals surface area contributed by atoms with Gasteiger partial charge in [0.25, 0.3) is 0 Å². The average molecular weight is 450 g/mol. The third kappa shape index (κ3) is 4.14. The molecule has 1 unspecified atom stereocenters. The van der Waals surface area contributed by atoms with Gasteiger partial charge in [0.05, 0.1) is 12.1 Å². The van der Waals surface area contributed by atoms with E-state index in [1.807, 2.05) is 55.6 Å². The standard InChI is InChI=1S/C25H24ClN3O3/c1-25(24(30)31,29-13-3-4-14-29)18-5-8-20(9-6-18)32-16-15-28(2)23-11-12-27-22-17-19(26)7-10-21(22)23/h3-14,17H,15-16H2,1-2H3,(H,30,31). The van der Waals surface area contributed by atoms with Crippen LogP contribution >= 0.6 is 11.6 Å². The van der Waals surface area contributed by atoms with E-state index in [2.05, 4.69) is 9.88 Å². The largest absolute Gasteiger partial charge is 0.492 e. The molecule has 0 amide bonds. The molecule has 0 aliphatic rings. The topological polar surface area (TPSA) is 67.6 Å². The molecule has 6 nitrogen and oxygen atoms in total. The van der Waals surface area contributed by atoms with Crippen LogP contribution in [0.25, 0.3) is 10.9 Å². The second-order valence-electron chi connectivity index (χ2n) is 7.75. The summed E-state index contributed by atoms with van der Waals surface area (Å²) >= 11 is 6.08. The molecule has 0 fully saturated rings. The number of fused-ring (bicyclic) bond motifs is 1. The number of likely N-dealkylation sites (N-methyl/N-ethyl adjacent to an activating group) is 1. The van der Waals surface area contributed by atoms with Gasteiger partial charge in [0.2, 0.25) is 0 Å². The highest BCUT2D eigenvalue weighted by Crippen LogP contribution is 2.29. The minimum atomic E-state index is -1.19. The lowest BCUT2D eigenvalue weighted by molar-refractivity contribution is -0.144. The van der Waals surface area contributed by atoms with E-state index in [9.17, 15) is 9.90 Å². The van der Waals surface area contributed by atoms with Gasteiger partial charge in [-0.25, -0.2) is 4.79 Å². The predicted molar refractivity (Wildman–Crippen MR) is 127 cm³/mol. The molecule has 2 heterocycles. The molecule has 0 aliphatic carbocycles. The van der Waals surface area contributed by atoms with E-state index in [4.69, 9.17) is 16.3 Å². The Labute approximate surface area is 191 Å². The van der Waals surface area contributed by atoms with Crippen LogP contribution in [0.4, 0.5) is 5.69 Å². The number of halogens is 1. The Balaban J connectivity index is 1.43. The molecule has 0 aliphatic heterocycles. The summed E-state index contributed by atoms with van der Waals surface area (Å²) < 4.78 is 7.60. The van der Waals surface area contributed by atoms with Crippen LogP contribution in [0.2, 0.25) is 5.02 Å². The van der Waals surface area contributed by atoms with Crippen molar-refractivity contribution in [3.8, 4) is 5.75 Å². The quantitative estimate of drug-likeness (QED) is 0.407. The number of ether oxygens (including phenoxy) is 1. The maximum atomic E-state index is 12.0. The summed E-state index contributed by atoms with van der Waals surface area (Å²) in [5, 5.41) is 11.5. The lowest BCUT2D eigenvalue weighted by Gasteiger charge is -2.27. The number of carbonyl (C=O) groups is 1. The molecule has 0 spiro atoms. The van der Waals surface area contributed by atoms with E-state index in [1.165, 1.54) is 0 Å². The molecule has 0 saturated carbocycles. The summed E-state index contributed by atoms with van der Waals surface area (Å²) in [5.74, 6) is -0.233. The van der Waals surface area contributed by atoms with Gasteiger partial charge in [-0.2, -0.15) is 0 Å². The lowest BCUT2D eigenvalue weighted by atomic mass is 9.92. The van der Waals surface area contributed by atoms with Gasteiger partial charge in [-0.15, -0.1) is 0 Å². The van der Waals surface area contributed by atoms with Gasteiger partial charge in [0.15, 0.2) is 5.54 Å². The molecule has 0 bridgehead atoms. The molecule has 2 aromatic heterocycles. The first-order valence-corrected chi connectivity index (χ1v) is 10.6. The molecule has 0 saturated heterocycles. The highest BCUT2D eigenvalue weighted by Gasteiger charge is 2.36. The van der Waals surface area contributed by atoms with Crippen LogP contribution in [0.3, 0.4) is 0 Å². The number of carboxylic acids is 1. The van der Waals surface area contributed by atoms with E-state index in [-0.39, 0.29) is 0 Å². The number of hydrogen-bond donors (Lipinski definition) is 1. The molecule has 1 atom stereocenters. The SMILES string of the molecule is CN(CCOc1ccc(C(C)(C(=O)O)n2cccc2)cc1)c1ccnc2cc(Cl)ccc12. The minimum absolute atomic E-state index is 0.473. The van der Waals surface area contributed by atoms with Crippen LogP contribution < -0.4 is 9.64 Å². The number of hydrogen-bond acceptors (Lipinski definition) is 4. The van der Waals surface area contributed by atoms with Gasteiger partial charge >= 0.3 is 5.97 Å². The van der Waals surface area contributed by atoms with Crippen LogP contribution in [-0.2, 0) is 10.3 Å². The van der Waals surface area contributed by atoms with Crippen molar-refractivity contribution in [2.45, 2.75) is 12.5 Å². The molecule has 0 radical (unpaired) electrons. The Morgan fingerprint density at radius 3 is 2.56 bits per heavy atom. The predicted octanol–water partition coefficient (Wildman–Crippen LogP) is 5.05. The smallest absolute Gasteiger partial charge is 0.334 e. The van der Waals surface area contributed by atoms with Gasteiger partial charge in [-0.1, -0.05) is 23.7 Å². The number of benzene rings is 2. The van der Waals surface area contributed by atoms with Crippen molar-refractivity contribution in [1.29, 1.82) is 0 Å². The second-order valence-corrected chi connectivity index (χ2v) is 8.19. The van der Waals surface area contributed by atoms with Gasteiger partial charge in [0.1, 0.15) is 12.4 Å². The molecule has 164 valence electrons. The van der Waals surface area contributed by atoms with E-state index >= 15 is 0 Å². The first-order valence-electron chi connectivity index (χ1n) is 10.2. The highest BCUT2D eigenvalue weighted by atomic mass is 35.5. The Morgan fingerprint density at radius 1 is 1.16 bits per heavy atom. The summed E-state index contributed by atoms with van der Waals surface area (Å²) in [4.78, 5) is 18.5. The van der Waals surface area contributed by atoms with Crippen LogP contribution in [0.5, 0.6) is 5.75 Å². The molecular weight excluding hydrogens is 426 g/mol. The number of aliphatic carboxylic acids is 1. The zero-order chi connectivity index (χ0) is 22.7. The van der Waals surface area contributed by atoms with Crippen LogP contribution in [-0.4, -0.2) is 40.8 Å². The van der Waals surface area contributed by atoms with E-state index in [0.29, 0.717) is 29.5 Å². The van der Waals surface area contributed by atoms with Crippen molar-refractivity contribution in [2.24, 2.45) is 0 Å². The van der Waals surface area contributed by atoms with Crippen molar-refractivity contribution in [3.05, 3.63) is 89.8 Å². The number of aromatic nitrogens is 2. The molecule has 1 N–H and O–H groups in total. The van der Waals surface area contributed by atoms with E-state index in [1.54, 1.807) is 42.2 Å². The fourth-order valence-electron chi connectivity index (χ4n) is 3.75. The van der Waals surface area contributed by atoms with Crippen molar-refractivity contribution < 1.29 is 14.6 Å². The summed E-state index contributed by atoms with van der Waals surface area (Å²) in [7, 11) is 2.01. The third-order valence-electron chi connectivity index (χ3n) is 5.74. The second kappa shape index (κ2) is 8.93. The number of nitrogens with zero attached hydrogens (tertiary/aromatic N) is 3. The van der Waals surface area contributed by atoms with Crippen LogP contribution in [0.1, 0.15) is 12.5 Å². The van der Waals surface area contributed by atoms with Crippen LogP contribution in [0, 0.1) is 0 Å². The Bertz CT molecular complexity index is 1230. The normalized spacial score (nSPS) is 13.0. The van der Waals surface area contributed by atoms with Crippen molar-refractivity contribution in [1.82, 2.24) is 9.55 Å². The van der Waals surface area contributed by atoms with E-state index in [0.717, 1.165) is 16.6 Å². The molecule has 2 aromatic carbocycles. The maximum absolute atomic E-state index is 12.0. The molecule has 4 rings (SSSR count). The summed E-state index contributed by atoms with van der Waals surface area (Å²) in [5.41, 5.74) is 1.39. The summed E-state index contributed by atoms with van der Waals surface area (Å²) in [6, 6.07) is 18.5. The molecule has 32 heavy (non-hydrogen) atoms. The maximum Gasteiger partial charge on any atom is 0.334 e. The molecule has 4 aromatic rings. The average Bonchev–Trinajstić information content (AvgIpc) is 3.33. The van der Waals surface area contributed by atoms with Gasteiger partial charge in [0, 0.05) is 41.7 Å². The number of pyridine rings is 1. The third-order valence-corrected chi connectivity index (χ3v) is 5.98. The zero-order valence-corrected chi connectivity index (χ0v) is 18.7. The van der Waals surface area contributed by atoms with Crippen molar-refractivity contribution in [2.75, 3.05) is 25.1 Å². The fourth-order valence-corrected chi connectivity index (χ4v) is 3.92. The lowest BCUT2D eigenvalue weighted by Crippen LogP contribution is -2.39. The van der Waals surface area contributed by atoms with Gasteiger partial charge in [-0.05, 0) is 61.0 Å². The number of rotatable bonds is 8. The Morgan fingerprint density at radius 2 is 1.88 bits per heavy atom. The molecule has 7 heteroatoms.